The number of benzene rings is 2. The highest BCUT2D eigenvalue weighted by atomic mass is 16.5. The van der Waals surface area contributed by atoms with Gasteiger partial charge in [-0.25, -0.2) is 4.98 Å². The van der Waals surface area contributed by atoms with Crippen molar-refractivity contribution in [1.29, 1.82) is 0 Å². The number of nitrogens with one attached hydrogen (secondary N) is 1. The fourth-order valence-corrected chi connectivity index (χ4v) is 3.44. The minimum Gasteiger partial charge on any atom is -0.378 e. The van der Waals surface area contributed by atoms with Gasteiger partial charge in [0.1, 0.15) is 0 Å². The number of anilines is 1. The van der Waals surface area contributed by atoms with E-state index in [1.807, 2.05) is 36.7 Å². The number of hydrogen-bond acceptors (Lipinski definition) is 4. The quantitative estimate of drug-likeness (QED) is 0.773. The van der Waals surface area contributed by atoms with Crippen LogP contribution in [0.4, 0.5) is 5.69 Å². The van der Waals surface area contributed by atoms with Crippen LogP contribution in [-0.4, -0.2) is 41.8 Å². The van der Waals surface area contributed by atoms with Crippen LogP contribution >= 0.6 is 0 Å². The standard InChI is InChI=1S/C21H24N4O2/c1-15(16-3-6-18(7-4-16)25-9-11-27-12-10-25)23-21(26)17-5-8-20-19(13-17)22-14-24(20)2/h3-8,13-15H,9-12H2,1-2H3,(H,23,26)/t15-/m1/s1. The molecule has 2 aromatic carbocycles. The third kappa shape index (κ3) is 3.66. The Kier molecular flexibility index (Phi) is 4.81. The fourth-order valence-electron chi connectivity index (χ4n) is 3.44. The topological polar surface area (TPSA) is 59.4 Å². The maximum Gasteiger partial charge on any atom is 0.251 e. The first-order chi connectivity index (χ1) is 13.1. The van der Waals surface area contributed by atoms with Crippen molar-refractivity contribution in [3.63, 3.8) is 0 Å². The molecular weight excluding hydrogens is 340 g/mol. The molecule has 4 rings (SSSR count). The zero-order chi connectivity index (χ0) is 18.8. The van der Waals surface area contributed by atoms with Gasteiger partial charge < -0.3 is 19.5 Å². The van der Waals surface area contributed by atoms with Crippen LogP contribution < -0.4 is 10.2 Å². The van der Waals surface area contributed by atoms with E-state index in [4.69, 9.17) is 4.74 Å². The monoisotopic (exact) mass is 364 g/mol. The van der Waals surface area contributed by atoms with Gasteiger partial charge in [0.2, 0.25) is 0 Å². The summed E-state index contributed by atoms with van der Waals surface area (Å²) in [5, 5.41) is 3.08. The fraction of sp³-hybridized carbons (Fsp3) is 0.333. The number of ether oxygens (including phenoxy) is 1. The number of nitrogens with zero attached hydrogens (tertiary/aromatic N) is 3. The Morgan fingerprint density at radius 2 is 1.89 bits per heavy atom. The number of carbonyl (C=O) groups is 1. The Morgan fingerprint density at radius 1 is 1.15 bits per heavy atom. The SMILES string of the molecule is C[C@@H](NC(=O)c1ccc2c(c1)ncn2C)c1ccc(N2CCOCC2)cc1. The second-order valence-electron chi connectivity index (χ2n) is 6.95. The number of amides is 1. The molecule has 6 heteroatoms. The summed E-state index contributed by atoms with van der Waals surface area (Å²) in [4.78, 5) is 19.3. The zero-order valence-corrected chi connectivity index (χ0v) is 15.7. The molecule has 0 saturated carbocycles. The van der Waals surface area contributed by atoms with Crippen molar-refractivity contribution in [1.82, 2.24) is 14.9 Å². The van der Waals surface area contributed by atoms with Crippen LogP contribution in [0.5, 0.6) is 0 Å². The van der Waals surface area contributed by atoms with Gasteiger partial charge in [0.25, 0.3) is 5.91 Å². The smallest absolute Gasteiger partial charge is 0.251 e. The maximum atomic E-state index is 12.6. The van der Waals surface area contributed by atoms with Gasteiger partial charge in [0, 0.05) is 31.4 Å². The number of aryl methyl sites for hydroxylation is 1. The number of imidazole rings is 1. The van der Waals surface area contributed by atoms with Crippen LogP contribution in [0.2, 0.25) is 0 Å². The van der Waals surface area contributed by atoms with Crippen LogP contribution in [-0.2, 0) is 11.8 Å². The van der Waals surface area contributed by atoms with Crippen molar-refractivity contribution >= 4 is 22.6 Å². The average molecular weight is 364 g/mol. The van der Waals surface area contributed by atoms with Crippen LogP contribution in [0, 0.1) is 0 Å². The minimum absolute atomic E-state index is 0.0735. The normalized spacial score (nSPS) is 15.7. The Balaban J connectivity index is 1.44. The van der Waals surface area contributed by atoms with E-state index in [0.29, 0.717) is 5.56 Å². The summed E-state index contributed by atoms with van der Waals surface area (Å²) in [5.74, 6) is -0.0905. The molecule has 6 nitrogen and oxygen atoms in total. The van der Waals surface area contributed by atoms with Gasteiger partial charge in [-0.2, -0.15) is 0 Å². The van der Waals surface area contributed by atoms with Crippen molar-refractivity contribution in [3.8, 4) is 0 Å². The molecule has 1 saturated heterocycles. The predicted molar refractivity (Wildman–Crippen MR) is 106 cm³/mol. The molecule has 0 unspecified atom stereocenters. The third-order valence-corrected chi connectivity index (χ3v) is 5.10. The second kappa shape index (κ2) is 7.40. The Labute approximate surface area is 158 Å². The molecule has 1 amide bonds. The first-order valence-corrected chi connectivity index (χ1v) is 9.26. The maximum absolute atomic E-state index is 12.6. The van der Waals surface area contributed by atoms with E-state index in [1.54, 1.807) is 6.33 Å². The largest absolute Gasteiger partial charge is 0.378 e. The summed E-state index contributed by atoms with van der Waals surface area (Å²) < 4.78 is 7.34. The Morgan fingerprint density at radius 3 is 2.63 bits per heavy atom. The van der Waals surface area contributed by atoms with Gasteiger partial charge in [-0.15, -0.1) is 0 Å². The summed E-state index contributed by atoms with van der Waals surface area (Å²) in [6, 6.07) is 13.9. The first kappa shape index (κ1) is 17.5. The lowest BCUT2D eigenvalue weighted by Crippen LogP contribution is -2.36. The van der Waals surface area contributed by atoms with Gasteiger partial charge in [0.05, 0.1) is 36.6 Å². The van der Waals surface area contributed by atoms with Gasteiger partial charge in [0.15, 0.2) is 0 Å². The molecule has 1 N–H and O–H groups in total. The number of aromatic nitrogens is 2. The number of carbonyl (C=O) groups excluding carboxylic acids is 1. The molecule has 0 radical (unpaired) electrons. The highest BCUT2D eigenvalue weighted by Crippen LogP contribution is 2.21. The summed E-state index contributed by atoms with van der Waals surface area (Å²) in [6.45, 7) is 5.38. The molecule has 140 valence electrons. The minimum atomic E-state index is -0.0905. The molecule has 1 aromatic heterocycles. The Bertz CT molecular complexity index is 942. The molecular formula is C21H24N4O2. The summed E-state index contributed by atoms with van der Waals surface area (Å²) in [7, 11) is 1.94. The second-order valence-corrected chi connectivity index (χ2v) is 6.95. The van der Waals surface area contributed by atoms with Crippen molar-refractivity contribution < 1.29 is 9.53 Å². The van der Waals surface area contributed by atoms with Crippen LogP contribution in [0.1, 0.15) is 28.9 Å². The van der Waals surface area contributed by atoms with Crippen LogP contribution in [0.3, 0.4) is 0 Å². The molecule has 27 heavy (non-hydrogen) atoms. The molecule has 1 fully saturated rings. The molecule has 0 aliphatic carbocycles. The lowest BCUT2D eigenvalue weighted by atomic mass is 10.1. The Hall–Kier alpha value is -2.86. The van der Waals surface area contributed by atoms with Gasteiger partial charge in [-0.05, 0) is 42.8 Å². The number of morpholine rings is 1. The molecule has 3 aromatic rings. The van der Waals surface area contributed by atoms with Crippen molar-refractivity contribution in [2.45, 2.75) is 13.0 Å². The van der Waals surface area contributed by atoms with Gasteiger partial charge in [-0.3, -0.25) is 4.79 Å². The van der Waals surface area contributed by atoms with Crippen molar-refractivity contribution in [2.24, 2.45) is 7.05 Å². The molecule has 2 heterocycles. The highest BCUT2D eigenvalue weighted by Gasteiger charge is 2.15. The van der Waals surface area contributed by atoms with E-state index in [0.717, 1.165) is 42.9 Å². The average Bonchev–Trinajstić information content (AvgIpc) is 3.09. The summed E-state index contributed by atoms with van der Waals surface area (Å²) in [6.07, 6.45) is 1.75. The van der Waals surface area contributed by atoms with E-state index < -0.39 is 0 Å². The zero-order valence-electron chi connectivity index (χ0n) is 15.7. The summed E-state index contributed by atoms with van der Waals surface area (Å²) >= 11 is 0. The number of rotatable bonds is 4. The third-order valence-electron chi connectivity index (χ3n) is 5.10. The highest BCUT2D eigenvalue weighted by molar-refractivity contribution is 5.97. The van der Waals surface area contributed by atoms with Crippen LogP contribution in [0.25, 0.3) is 11.0 Å². The molecule has 0 bridgehead atoms. The predicted octanol–water partition coefficient (Wildman–Crippen LogP) is 2.90. The van der Waals surface area contributed by atoms with Crippen LogP contribution in [0.15, 0.2) is 48.8 Å². The lowest BCUT2D eigenvalue weighted by molar-refractivity contribution is 0.0940. The number of hydrogen-bond donors (Lipinski definition) is 1. The molecule has 1 atom stereocenters. The van der Waals surface area contributed by atoms with Gasteiger partial charge >= 0.3 is 0 Å². The van der Waals surface area contributed by atoms with Crippen molar-refractivity contribution in [3.05, 3.63) is 59.9 Å². The lowest BCUT2D eigenvalue weighted by Gasteiger charge is -2.29. The van der Waals surface area contributed by atoms with Crippen molar-refractivity contribution in [2.75, 3.05) is 31.2 Å². The summed E-state index contributed by atoms with van der Waals surface area (Å²) in [5.41, 5.74) is 4.74. The van der Waals surface area contributed by atoms with Gasteiger partial charge in [-0.1, -0.05) is 12.1 Å². The number of fused-ring (bicyclic) bond motifs is 1. The van der Waals surface area contributed by atoms with E-state index in [9.17, 15) is 4.79 Å². The van der Waals surface area contributed by atoms with E-state index in [2.05, 4.69) is 39.5 Å². The van der Waals surface area contributed by atoms with E-state index >= 15 is 0 Å². The van der Waals surface area contributed by atoms with E-state index in [1.165, 1.54) is 5.69 Å². The molecule has 1 aliphatic rings. The van der Waals surface area contributed by atoms with E-state index in [-0.39, 0.29) is 11.9 Å². The molecule has 1 aliphatic heterocycles. The molecule has 0 spiro atoms. The first-order valence-electron chi connectivity index (χ1n) is 9.26.